The average Bonchev–Trinajstić information content (AvgIpc) is 2.41. The van der Waals surface area contributed by atoms with E-state index >= 15 is 0 Å². The van der Waals surface area contributed by atoms with Crippen LogP contribution in [-0.4, -0.2) is 215 Å². The fourth-order valence-corrected chi connectivity index (χ4v) is 2.20. The van der Waals surface area contributed by atoms with Crippen LogP contribution in [0.3, 0.4) is 0 Å². The van der Waals surface area contributed by atoms with Gasteiger partial charge in [-0.3, -0.25) is 23.7 Å². The summed E-state index contributed by atoms with van der Waals surface area (Å²) in [6, 6.07) is 0. The molecule has 0 aliphatic rings. The first kappa shape index (κ1) is 52.1. The molecule has 0 fully saturated rings. The van der Waals surface area contributed by atoms with Gasteiger partial charge in [0.25, 0.3) is 0 Å². The van der Waals surface area contributed by atoms with Crippen molar-refractivity contribution < 1.29 is 87.1 Å². The minimum atomic E-state index is -5.45. The maximum absolute atomic E-state index is 11.9. The third-order valence-corrected chi connectivity index (χ3v) is 3.44. The molecular formula is C12H22Na4O18S. The average molecular weight is 578 g/mol. The SMILES string of the molecule is O.O.O=C(O)CC(O)(CC(=O)OC(CC(=O)O)(CC(=O)OS(=O)(=O)O)C(=O)O)C(=O)O.[NaH].[NaH].[NaH].[NaH]. The Morgan fingerprint density at radius 3 is 1.34 bits per heavy atom. The van der Waals surface area contributed by atoms with Crippen molar-refractivity contribution in [3.8, 4) is 0 Å². The predicted molar refractivity (Wildman–Crippen MR) is 116 cm³/mol. The molecule has 0 spiro atoms. The Balaban J connectivity index is -0.000000261. The van der Waals surface area contributed by atoms with Gasteiger partial charge in [-0.1, -0.05) is 0 Å². The second-order valence-electron chi connectivity index (χ2n) is 5.49. The number of carboxylic acids is 4. The van der Waals surface area contributed by atoms with Crippen molar-refractivity contribution in [3.05, 3.63) is 0 Å². The van der Waals surface area contributed by atoms with Crippen LogP contribution in [-0.2, 0) is 48.1 Å². The van der Waals surface area contributed by atoms with Gasteiger partial charge in [0.15, 0.2) is 5.60 Å². The van der Waals surface area contributed by atoms with E-state index in [4.69, 9.17) is 19.9 Å². The number of ether oxygens (including phenoxy) is 1. The summed E-state index contributed by atoms with van der Waals surface area (Å²) in [7, 11) is -5.45. The molecule has 35 heavy (non-hydrogen) atoms. The van der Waals surface area contributed by atoms with Crippen molar-refractivity contribution in [2.24, 2.45) is 0 Å². The fourth-order valence-electron chi connectivity index (χ4n) is 1.91. The maximum atomic E-state index is 11.9. The summed E-state index contributed by atoms with van der Waals surface area (Å²) in [4.78, 5) is 67.3. The van der Waals surface area contributed by atoms with Crippen molar-refractivity contribution in [1.29, 1.82) is 0 Å². The number of aliphatic hydroxyl groups is 1. The van der Waals surface area contributed by atoms with Crippen LogP contribution < -0.4 is 0 Å². The molecule has 2 atom stereocenters. The number of aliphatic carboxylic acids is 4. The van der Waals surface area contributed by atoms with Gasteiger partial charge >= 0.3 is 164 Å². The van der Waals surface area contributed by atoms with Gasteiger partial charge in [-0.2, -0.15) is 8.42 Å². The molecule has 0 saturated carbocycles. The van der Waals surface area contributed by atoms with Crippen molar-refractivity contribution in [3.63, 3.8) is 0 Å². The second-order valence-corrected chi connectivity index (χ2v) is 6.51. The molecule has 0 bridgehead atoms. The van der Waals surface area contributed by atoms with Crippen LogP contribution in [0.1, 0.15) is 25.7 Å². The number of carbonyl (C=O) groups excluding carboxylic acids is 2. The van der Waals surface area contributed by atoms with Crippen molar-refractivity contribution in [1.82, 2.24) is 0 Å². The van der Waals surface area contributed by atoms with Crippen molar-refractivity contribution in [2.45, 2.75) is 36.9 Å². The van der Waals surface area contributed by atoms with Gasteiger partial charge in [0, 0.05) is 0 Å². The van der Waals surface area contributed by atoms with Gasteiger partial charge in [-0.05, 0) is 0 Å². The summed E-state index contributed by atoms with van der Waals surface area (Å²) in [5.41, 5.74) is -6.64. The first-order valence-electron chi connectivity index (χ1n) is 6.97. The Bertz CT molecular complexity index is 846. The summed E-state index contributed by atoms with van der Waals surface area (Å²) < 4.78 is 37.1. The first-order valence-corrected chi connectivity index (χ1v) is 8.33. The van der Waals surface area contributed by atoms with Gasteiger partial charge in [-0.15, -0.1) is 0 Å². The van der Waals surface area contributed by atoms with E-state index in [1.807, 2.05) is 0 Å². The van der Waals surface area contributed by atoms with E-state index in [0.717, 1.165) is 0 Å². The molecule has 0 aromatic carbocycles. The van der Waals surface area contributed by atoms with Gasteiger partial charge < -0.3 is 45.4 Å². The van der Waals surface area contributed by atoms with Crippen LogP contribution in [0.15, 0.2) is 0 Å². The summed E-state index contributed by atoms with van der Waals surface area (Å²) in [5, 5.41) is 45.2. The van der Waals surface area contributed by atoms with E-state index in [9.17, 15) is 47.4 Å². The monoisotopic (exact) mass is 578 g/mol. The fraction of sp³-hybridized carbons (Fsp3) is 0.500. The Morgan fingerprint density at radius 1 is 0.657 bits per heavy atom. The molecule has 0 heterocycles. The molecule has 23 heteroatoms. The molecule has 0 aromatic rings. The van der Waals surface area contributed by atoms with Crippen molar-refractivity contribution in [2.75, 3.05) is 0 Å². The van der Waals surface area contributed by atoms with E-state index in [1.54, 1.807) is 0 Å². The van der Waals surface area contributed by atoms with E-state index in [2.05, 4.69) is 8.92 Å². The predicted octanol–water partition coefficient (Wildman–Crippen LogP) is -7.00. The first-order chi connectivity index (χ1) is 12.9. The molecule has 0 aromatic heterocycles. The zero-order valence-electron chi connectivity index (χ0n) is 15.0. The van der Waals surface area contributed by atoms with Crippen LogP contribution in [0, 0.1) is 0 Å². The Labute approximate surface area is 284 Å². The third kappa shape index (κ3) is 20.3. The number of rotatable bonds is 12. The number of esters is 1. The van der Waals surface area contributed by atoms with Gasteiger partial charge in [-0.25, -0.2) is 9.59 Å². The number of hydrogen-bond donors (Lipinski definition) is 6. The summed E-state index contributed by atoms with van der Waals surface area (Å²) >= 11 is 0. The number of hydrogen-bond acceptors (Lipinski definition) is 11. The molecule has 10 N–H and O–H groups in total. The standard InChI is InChI=1S/C12H14O16S.4Na.2H2O.4H/c13-5(14)1-11(23,9(19)20)3-7(17)27-12(10(21)22,2-6(15)16)4-8(18)28-29(24,25)26;;;;;;;;;;/h23H,1-4H2,(H,13,14)(H,15,16)(H,19,20)(H,21,22)(H,24,25,26);;;;;2*1H2;;;;. The van der Waals surface area contributed by atoms with Crippen LogP contribution >= 0.6 is 0 Å². The summed E-state index contributed by atoms with van der Waals surface area (Å²) in [6.45, 7) is 0. The van der Waals surface area contributed by atoms with Gasteiger partial charge in [0.2, 0.25) is 5.60 Å². The van der Waals surface area contributed by atoms with Crippen molar-refractivity contribution >= 4 is 164 Å². The quantitative estimate of drug-likeness (QED) is 0.0711. The minimum absolute atomic E-state index is 0. The molecule has 2 unspecified atom stereocenters. The molecule has 0 rings (SSSR count). The van der Waals surface area contributed by atoms with E-state index in [0.29, 0.717) is 0 Å². The molecule has 0 saturated heterocycles. The third-order valence-electron chi connectivity index (χ3n) is 3.04. The molecule has 0 radical (unpaired) electrons. The van der Waals surface area contributed by atoms with E-state index in [1.165, 1.54) is 0 Å². The number of carboxylic acid groups (broad SMARTS) is 4. The molecule has 0 aliphatic heterocycles. The van der Waals surface area contributed by atoms with Crippen LogP contribution in [0.25, 0.3) is 0 Å². The zero-order chi connectivity index (χ0) is 23.2. The molecule has 188 valence electrons. The van der Waals surface area contributed by atoms with E-state index in [-0.39, 0.29) is 129 Å². The van der Waals surface area contributed by atoms with Crippen LogP contribution in [0.2, 0.25) is 0 Å². The molecule has 0 aliphatic carbocycles. The summed E-state index contributed by atoms with van der Waals surface area (Å²) in [5.74, 6) is -12.4. The zero-order valence-corrected chi connectivity index (χ0v) is 15.8. The van der Waals surface area contributed by atoms with E-state index < -0.39 is 83.1 Å². The van der Waals surface area contributed by atoms with Crippen LogP contribution in [0.5, 0.6) is 0 Å². The Kier molecular flexibility index (Phi) is 32.1. The second kappa shape index (κ2) is 21.5. The van der Waals surface area contributed by atoms with Gasteiger partial charge in [0.1, 0.15) is 0 Å². The van der Waals surface area contributed by atoms with Crippen LogP contribution in [0.4, 0.5) is 0 Å². The molecule has 0 amide bonds. The Hall–Kier alpha value is 0.610. The molecule has 18 nitrogen and oxygen atoms in total. The topological polar surface area (TPSA) is 339 Å². The van der Waals surface area contributed by atoms with Gasteiger partial charge in [0.05, 0.1) is 25.7 Å². The Morgan fingerprint density at radius 2 is 1.06 bits per heavy atom. The number of carbonyl (C=O) groups is 6. The summed E-state index contributed by atoms with van der Waals surface area (Å²) in [6.07, 6.45) is -6.67. The normalized spacial score (nSPS) is 12.6. The molecular weight excluding hydrogens is 556 g/mol.